The molecule has 5 rings (SSSR count). The summed E-state index contributed by atoms with van der Waals surface area (Å²) in [6.07, 6.45) is -5.14. The molecule has 2 aliphatic rings. The van der Waals surface area contributed by atoms with E-state index in [1.54, 1.807) is 6.07 Å². The number of imidazole rings is 1. The lowest BCUT2D eigenvalue weighted by Crippen LogP contribution is -2.34. The zero-order chi connectivity index (χ0) is 30.7. The van der Waals surface area contributed by atoms with Crippen molar-refractivity contribution in [3.63, 3.8) is 0 Å². The first-order valence-electron chi connectivity index (χ1n) is 12.6. The molecule has 1 aliphatic carbocycles. The number of anilines is 2. The number of hydrogen-bond donors (Lipinski definition) is 5. The van der Waals surface area contributed by atoms with Crippen molar-refractivity contribution < 1.29 is 41.2 Å². The largest absolute Gasteiger partial charge is 0.456 e. The molecule has 4 heterocycles. The van der Waals surface area contributed by atoms with Gasteiger partial charge in [0.05, 0.1) is 33.6 Å². The summed E-state index contributed by atoms with van der Waals surface area (Å²) in [7, 11) is -0.178. The number of ether oxygens (including phenoxy) is 2. The van der Waals surface area contributed by atoms with Gasteiger partial charge in [0, 0.05) is 12.1 Å². The second-order valence-corrected chi connectivity index (χ2v) is 13.4. The van der Waals surface area contributed by atoms with Crippen LogP contribution in [0.3, 0.4) is 0 Å². The van der Waals surface area contributed by atoms with Gasteiger partial charge in [-0.05, 0) is 12.5 Å². The van der Waals surface area contributed by atoms with Crippen molar-refractivity contribution in [2.24, 2.45) is 5.92 Å². The third-order valence-corrected chi connectivity index (χ3v) is 9.15. The normalized spacial score (nSPS) is 30.6. The summed E-state index contributed by atoms with van der Waals surface area (Å²) in [5.41, 5.74) is 4.80. The molecular formula is C21H26F2N8O8P2S2. The minimum atomic E-state index is -4.33. The minimum Gasteiger partial charge on any atom is -0.456 e. The Balaban J connectivity index is 1.28. The van der Waals surface area contributed by atoms with Gasteiger partial charge >= 0.3 is 6.80 Å². The first kappa shape index (κ1) is 32.0. The predicted octanol–water partition coefficient (Wildman–Crippen LogP) is 2.00. The van der Waals surface area contributed by atoms with Crippen LogP contribution >= 0.6 is 39.3 Å². The van der Waals surface area contributed by atoms with Crippen LogP contribution in [0.2, 0.25) is 0 Å². The molecule has 1 saturated carbocycles. The molecule has 0 amide bonds. The van der Waals surface area contributed by atoms with Gasteiger partial charge in [0.15, 0.2) is 29.7 Å². The SMILES string of the molecule is Nc1nc2c(ncn2[C@@H]2O[C@H](COP(=O)(S)O[C@@H]3[C@@H](COPS)C[C@@H](Nc4ccncn4)[C@@H]3F)[C@@H](F)[C@H]2OC=O)c(=O)[nH]1. The Kier molecular flexibility index (Phi) is 10.2. The standard InChI is InChI=1S/C21H26F2N8O8P2S2/c22-13-10(28-12-1-2-25-6-26-12)3-9(4-36-40-42)16(13)39-41(34,43)37-5-11-14(23)17(35-8-32)20(38-11)31-7-27-15-18(31)29-21(24)30-19(15)33/h1-2,6-11,13-14,16-17,20,40,42H,3-5H2,(H,34,43)(H,25,26,28)(H3,24,29,30,33)/t9-,10-,11-,13+,14-,16-,17-,20-,41?/m1/s1. The van der Waals surface area contributed by atoms with Crippen LogP contribution in [-0.4, -0.2) is 85.9 Å². The van der Waals surface area contributed by atoms with Gasteiger partial charge in [-0.3, -0.25) is 28.2 Å². The summed E-state index contributed by atoms with van der Waals surface area (Å²) in [6.45, 7) is -4.94. The van der Waals surface area contributed by atoms with Crippen molar-refractivity contribution in [3.05, 3.63) is 35.3 Å². The van der Waals surface area contributed by atoms with Gasteiger partial charge < -0.3 is 25.0 Å². The Morgan fingerprint density at radius 2 is 2.12 bits per heavy atom. The molecule has 234 valence electrons. The van der Waals surface area contributed by atoms with E-state index in [0.29, 0.717) is 5.82 Å². The number of nitrogen functional groups attached to an aromatic ring is 1. The lowest BCUT2D eigenvalue weighted by atomic mass is 10.1. The highest BCUT2D eigenvalue weighted by atomic mass is 32.7. The number of fused-ring (bicyclic) bond motifs is 1. The molecule has 2 fully saturated rings. The average molecular weight is 683 g/mol. The van der Waals surface area contributed by atoms with E-state index < -0.39 is 67.8 Å². The van der Waals surface area contributed by atoms with Crippen LogP contribution in [0.15, 0.2) is 29.7 Å². The monoisotopic (exact) mass is 682 g/mol. The topological polar surface area (TPSA) is 208 Å². The fourth-order valence-corrected chi connectivity index (χ4v) is 7.01. The molecule has 0 spiro atoms. The van der Waals surface area contributed by atoms with Crippen LogP contribution < -0.4 is 16.6 Å². The Hall–Kier alpha value is -2.44. The first-order chi connectivity index (χ1) is 20.6. The maximum absolute atomic E-state index is 15.6. The highest BCUT2D eigenvalue weighted by molar-refractivity contribution is 8.44. The molecule has 1 aliphatic heterocycles. The fourth-order valence-electron chi connectivity index (χ4n) is 4.98. The van der Waals surface area contributed by atoms with Crippen molar-refractivity contribution in [3.8, 4) is 0 Å². The maximum atomic E-state index is 15.6. The number of thiol groups is 2. The Labute approximate surface area is 253 Å². The molecule has 1 saturated heterocycles. The van der Waals surface area contributed by atoms with Gasteiger partial charge in [-0.2, -0.15) is 4.98 Å². The molecule has 16 nitrogen and oxygen atoms in total. The van der Waals surface area contributed by atoms with Gasteiger partial charge in [-0.1, -0.05) is 12.2 Å². The molecule has 0 radical (unpaired) electrons. The summed E-state index contributed by atoms with van der Waals surface area (Å²) in [5, 5.41) is 2.96. The number of aromatic nitrogens is 6. The third kappa shape index (κ3) is 7.12. The molecule has 0 aromatic carbocycles. The van der Waals surface area contributed by atoms with Crippen molar-refractivity contribution in [1.29, 1.82) is 0 Å². The quantitative estimate of drug-likeness (QED) is 0.0993. The van der Waals surface area contributed by atoms with E-state index in [1.807, 2.05) is 0 Å². The van der Waals surface area contributed by atoms with Crippen LogP contribution in [0, 0.1) is 5.92 Å². The third-order valence-electron chi connectivity index (χ3n) is 6.86. The van der Waals surface area contributed by atoms with Crippen LogP contribution in [0.1, 0.15) is 12.6 Å². The molecule has 43 heavy (non-hydrogen) atoms. The van der Waals surface area contributed by atoms with Gasteiger partial charge in [0.1, 0.15) is 30.5 Å². The Morgan fingerprint density at radius 1 is 1.30 bits per heavy atom. The van der Waals surface area contributed by atoms with E-state index in [0.717, 1.165) is 6.33 Å². The van der Waals surface area contributed by atoms with Crippen LogP contribution in [0.4, 0.5) is 20.5 Å². The second-order valence-electron chi connectivity index (χ2n) is 9.50. The zero-order valence-electron chi connectivity index (χ0n) is 21.8. The number of nitrogens with one attached hydrogen (secondary N) is 2. The average Bonchev–Trinajstić information content (AvgIpc) is 3.62. The predicted molar refractivity (Wildman–Crippen MR) is 155 cm³/mol. The van der Waals surface area contributed by atoms with Gasteiger partial charge in [0.25, 0.3) is 12.0 Å². The molecule has 3 aromatic rings. The number of H-pyrrole nitrogens is 1. The van der Waals surface area contributed by atoms with E-state index in [2.05, 4.69) is 54.7 Å². The van der Waals surface area contributed by atoms with Crippen molar-refractivity contribution in [1.82, 2.24) is 29.5 Å². The lowest BCUT2D eigenvalue weighted by molar-refractivity contribution is -0.141. The van der Waals surface area contributed by atoms with Crippen LogP contribution in [0.25, 0.3) is 11.2 Å². The number of halogens is 2. The molecular weight excluding hydrogens is 656 g/mol. The summed E-state index contributed by atoms with van der Waals surface area (Å²) in [4.78, 5) is 41.4. The van der Waals surface area contributed by atoms with E-state index in [-0.39, 0.29) is 44.6 Å². The number of rotatable bonds is 13. The number of alkyl halides is 2. The highest BCUT2D eigenvalue weighted by Gasteiger charge is 2.51. The molecule has 22 heteroatoms. The fraction of sp³-hybridized carbons (Fsp3) is 0.524. The number of aromatic amines is 1. The second kappa shape index (κ2) is 13.7. The van der Waals surface area contributed by atoms with Gasteiger partial charge in [-0.25, -0.2) is 28.3 Å². The van der Waals surface area contributed by atoms with Crippen molar-refractivity contribution >= 4 is 68.7 Å². The number of hydrogen-bond acceptors (Lipinski definition) is 15. The number of carbonyl (C=O) groups is 1. The maximum Gasteiger partial charge on any atom is 0.386 e. The Bertz CT molecular complexity index is 1530. The van der Waals surface area contributed by atoms with E-state index >= 15 is 8.78 Å². The smallest absolute Gasteiger partial charge is 0.386 e. The molecule has 0 bridgehead atoms. The highest BCUT2D eigenvalue weighted by Crippen LogP contribution is 2.57. The molecule has 3 aromatic heterocycles. The summed E-state index contributed by atoms with van der Waals surface area (Å²) >= 11 is 8.03. The summed E-state index contributed by atoms with van der Waals surface area (Å²) in [6, 6.07) is 0.786. The van der Waals surface area contributed by atoms with Crippen molar-refractivity contribution in [2.75, 3.05) is 24.3 Å². The lowest BCUT2D eigenvalue weighted by Gasteiger charge is -2.25. The van der Waals surface area contributed by atoms with Crippen LogP contribution in [-0.2, 0) is 32.4 Å². The van der Waals surface area contributed by atoms with E-state index in [4.69, 9.17) is 28.8 Å². The zero-order valence-corrected chi connectivity index (χ0v) is 25.5. The number of nitrogens with zero attached hydrogens (tertiary/aromatic N) is 5. The van der Waals surface area contributed by atoms with E-state index in [9.17, 15) is 14.2 Å². The summed E-state index contributed by atoms with van der Waals surface area (Å²) in [5.74, 6) is -0.422. The van der Waals surface area contributed by atoms with E-state index in [1.165, 1.54) is 17.1 Å². The molecule has 2 unspecified atom stereocenters. The number of nitrogens with two attached hydrogens (primary N) is 1. The number of carbonyl (C=O) groups excluding carboxylic acids is 1. The molecule has 10 atom stereocenters. The Morgan fingerprint density at radius 3 is 2.84 bits per heavy atom. The summed E-state index contributed by atoms with van der Waals surface area (Å²) < 4.78 is 72.3. The van der Waals surface area contributed by atoms with Crippen LogP contribution in [0.5, 0.6) is 0 Å². The van der Waals surface area contributed by atoms with Crippen molar-refractivity contribution in [2.45, 2.75) is 49.3 Å². The van der Waals surface area contributed by atoms with Gasteiger partial charge in [-0.15, -0.1) is 12.2 Å². The molecule has 4 N–H and O–H groups in total. The first-order valence-corrected chi connectivity index (χ1v) is 17.4. The van der Waals surface area contributed by atoms with Gasteiger partial charge in [0.2, 0.25) is 5.95 Å². The minimum absolute atomic E-state index is 0.0260.